The lowest BCUT2D eigenvalue weighted by Gasteiger charge is -2.22. The van der Waals surface area contributed by atoms with Gasteiger partial charge in [0, 0.05) is 0 Å². The lowest BCUT2D eigenvalue weighted by Crippen LogP contribution is -2.23. The van der Waals surface area contributed by atoms with E-state index in [0.717, 1.165) is 32.1 Å². The zero-order valence-corrected chi connectivity index (χ0v) is 23.2. The van der Waals surface area contributed by atoms with Crippen molar-refractivity contribution in [2.45, 2.75) is 133 Å². The highest BCUT2D eigenvalue weighted by Crippen LogP contribution is 2.26. The maximum absolute atomic E-state index is 11.5. The van der Waals surface area contributed by atoms with Gasteiger partial charge in [-0.05, 0) is 82.2 Å². The molecule has 33 heavy (non-hydrogen) atoms. The Hall–Kier alpha value is -1.22. The maximum Gasteiger partial charge on any atom is 0.348 e. The first-order chi connectivity index (χ1) is 14.9. The molecule has 0 amide bonds. The Morgan fingerprint density at radius 1 is 0.788 bits per heavy atom. The van der Waals surface area contributed by atoms with E-state index >= 15 is 0 Å². The molecule has 0 aliphatic rings. The van der Waals surface area contributed by atoms with Crippen molar-refractivity contribution in [3.8, 4) is 0 Å². The number of carbonyl (C=O) groups excluding carboxylic acids is 2. The van der Waals surface area contributed by atoms with Crippen LogP contribution in [0.1, 0.15) is 122 Å². The molecule has 2 unspecified atom stereocenters. The van der Waals surface area contributed by atoms with E-state index in [4.69, 9.17) is 9.78 Å². The third kappa shape index (κ3) is 25.2. The first kappa shape index (κ1) is 34.0. The highest BCUT2D eigenvalue weighted by atomic mass is 17.5. The molecular formula is C25H50O8. The van der Waals surface area contributed by atoms with Crippen LogP contribution in [-0.4, -0.2) is 23.1 Å². The lowest BCUT2D eigenvalue weighted by molar-refractivity contribution is -0.515. The molecule has 8 nitrogen and oxygen atoms in total. The third-order valence-electron chi connectivity index (χ3n) is 4.02. The monoisotopic (exact) mass is 478 g/mol. The van der Waals surface area contributed by atoms with Crippen molar-refractivity contribution in [2.75, 3.05) is 0 Å². The topological polar surface area (TPSA) is 89.5 Å². The summed E-state index contributed by atoms with van der Waals surface area (Å²) in [5.74, 6) is -0.574. The number of rotatable bonds is 12. The van der Waals surface area contributed by atoms with E-state index < -0.39 is 17.2 Å². The zero-order chi connectivity index (χ0) is 26.3. The molecule has 0 heterocycles. The molecule has 0 N–H and O–H groups in total. The van der Waals surface area contributed by atoms with Crippen molar-refractivity contribution in [1.29, 1.82) is 0 Å². The van der Waals surface area contributed by atoms with Gasteiger partial charge < -0.3 is 0 Å². The second-order valence-electron chi connectivity index (χ2n) is 11.7. The van der Waals surface area contributed by atoms with Gasteiger partial charge in [-0.1, -0.05) is 54.4 Å². The SMILES string of the molecule is CC(CC(=O)OOOC(C)(C)C)CC(C)(C)C.CCCCC(CC)C(=O)OOOC(C)(C)C. The standard InChI is InChI=1S/C13H26O4.C12H24O4/c1-10(9-12(2,3)4)8-11(14)15-17-16-13(5,6)7;1-6-8-9-10(7-2)11(13)14-16-15-12(3,4)5/h10H,8-9H2,1-7H3;10H,6-9H2,1-5H3. The summed E-state index contributed by atoms with van der Waals surface area (Å²) in [5.41, 5.74) is -0.759. The molecule has 0 aliphatic heterocycles. The Morgan fingerprint density at radius 3 is 1.67 bits per heavy atom. The van der Waals surface area contributed by atoms with Gasteiger partial charge in [-0.2, -0.15) is 9.78 Å². The molecule has 0 radical (unpaired) electrons. The van der Waals surface area contributed by atoms with Crippen LogP contribution in [0.4, 0.5) is 0 Å². The Kier molecular flexibility index (Phi) is 16.9. The van der Waals surface area contributed by atoms with Gasteiger partial charge >= 0.3 is 11.9 Å². The molecule has 0 fully saturated rings. The average Bonchev–Trinajstić information content (AvgIpc) is 2.58. The largest absolute Gasteiger partial charge is 0.348 e. The van der Waals surface area contributed by atoms with E-state index in [-0.39, 0.29) is 23.2 Å². The summed E-state index contributed by atoms with van der Waals surface area (Å²) in [7, 11) is 0. The number of carbonyl (C=O) groups is 2. The van der Waals surface area contributed by atoms with Gasteiger partial charge in [0.25, 0.3) is 0 Å². The Labute approximate surface area is 201 Å². The summed E-state index contributed by atoms with van der Waals surface area (Å²) in [5, 5.41) is 8.91. The second kappa shape index (κ2) is 16.4. The van der Waals surface area contributed by atoms with Crippen molar-refractivity contribution in [3.05, 3.63) is 0 Å². The van der Waals surface area contributed by atoms with Gasteiger partial charge in [0.2, 0.25) is 0 Å². The summed E-state index contributed by atoms with van der Waals surface area (Å²) >= 11 is 0. The van der Waals surface area contributed by atoms with Crippen LogP contribution in [0, 0.1) is 17.3 Å². The van der Waals surface area contributed by atoms with Crippen molar-refractivity contribution in [1.82, 2.24) is 0 Å². The summed E-state index contributed by atoms with van der Waals surface area (Å²) in [6.45, 7) is 23.4. The highest BCUT2D eigenvalue weighted by molar-refractivity contribution is 5.71. The highest BCUT2D eigenvalue weighted by Gasteiger charge is 2.21. The van der Waals surface area contributed by atoms with Gasteiger partial charge in [-0.3, -0.25) is 9.78 Å². The van der Waals surface area contributed by atoms with Crippen LogP contribution in [0.5, 0.6) is 0 Å². The van der Waals surface area contributed by atoms with E-state index in [1.165, 1.54) is 0 Å². The van der Waals surface area contributed by atoms with Gasteiger partial charge in [0.05, 0.1) is 23.5 Å². The second-order valence-corrected chi connectivity index (χ2v) is 11.7. The van der Waals surface area contributed by atoms with Crippen LogP contribution >= 0.6 is 0 Å². The van der Waals surface area contributed by atoms with E-state index in [0.29, 0.717) is 6.42 Å². The Balaban J connectivity index is 0. The van der Waals surface area contributed by atoms with Crippen LogP contribution in [0.2, 0.25) is 0 Å². The average molecular weight is 479 g/mol. The zero-order valence-electron chi connectivity index (χ0n) is 23.2. The van der Waals surface area contributed by atoms with Gasteiger partial charge in [-0.15, -0.1) is 0 Å². The molecule has 0 saturated carbocycles. The number of unbranched alkanes of at least 4 members (excludes halogenated alkanes) is 1. The van der Waals surface area contributed by atoms with Crippen LogP contribution < -0.4 is 0 Å². The third-order valence-corrected chi connectivity index (χ3v) is 4.02. The predicted octanol–water partition coefficient (Wildman–Crippen LogP) is 7.06. The minimum atomic E-state index is -0.489. The van der Waals surface area contributed by atoms with Crippen molar-refractivity contribution in [3.63, 3.8) is 0 Å². The molecule has 0 aromatic carbocycles. The molecule has 8 heteroatoms. The van der Waals surface area contributed by atoms with Gasteiger partial charge in [0.15, 0.2) is 0 Å². The minimum absolute atomic E-state index is 0.0940. The van der Waals surface area contributed by atoms with Crippen LogP contribution in [0.25, 0.3) is 0 Å². The molecular weight excluding hydrogens is 428 g/mol. The van der Waals surface area contributed by atoms with E-state index in [9.17, 15) is 9.59 Å². The van der Waals surface area contributed by atoms with Gasteiger partial charge in [-0.25, -0.2) is 9.59 Å². The van der Waals surface area contributed by atoms with Crippen molar-refractivity contribution in [2.24, 2.45) is 17.3 Å². The smallest absolute Gasteiger partial charge is 0.269 e. The normalized spacial score (nSPS) is 14.1. The molecule has 2 atom stereocenters. The van der Waals surface area contributed by atoms with E-state index in [2.05, 4.69) is 47.5 Å². The minimum Gasteiger partial charge on any atom is -0.269 e. The fourth-order valence-electron chi connectivity index (χ4n) is 2.75. The van der Waals surface area contributed by atoms with Gasteiger partial charge in [0.1, 0.15) is 0 Å². The first-order valence-corrected chi connectivity index (χ1v) is 12.0. The molecule has 0 rings (SSSR count). The summed E-state index contributed by atoms with van der Waals surface area (Å²) in [6.07, 6.45) is 4.99. The van der Waals surface area contributed by atoms with Crippen molar-refractivity contribution >= 4 is 11.9 Å². The molecule has 198 valence electrons. The quantitative estimate of drug-likeness (QED) is 0.217. The van der Waals surface area contributed by atoms with E-state index in [1.807, 2.05) is 55.4 Å². The molecule has 0 spiro atoms. The lowest BCUT2D eigenvalue weighted by atomic mass is 9.84. The molecule has 0 saturated heterocycles. The summed E-state index contributed by atoms with van der Waals surface area (Å²) < 4.78 is 0. The maximum atomic E-state index is 11.5. The summed E-state index contributed by atoms with van der Waals surface area (Å²) in [4.78, 5) is 41.8. The fraction of sp³-hybridized carbons (Fsp3) is 0.920. The van der Waals surface area contributed by atoms with E-state index in [1.54, 1.807) is 0 Å². The van der Waals surface area contributed by atoms with Crippen LogP contribution in [0.3, 0.4) is 0 Å². The van der Waals surface area contributed by atoms with Crippen molar-refractivity contribution < 1.29 is 39.2 Å². The Morgan fingerprint density at radius 2 is 1.27 bits per heavy atom. The predicted molar refractivity (Wildman–Crippen MR) is 127 cm³/mol. The number of hydrogen-bond donors (Lipinski definition) is 0. The summed E-state index contributed by atoms with van der Waals surface area (Å²) in [6, 6.07) is 0. The first-order valence-electron chi connectivity index (χ1n) is 12.0. The molecule has 0 aliphatic carbocycles. The number of hydrogen-bond acceptors (Lipinski definition) is 8. The molecule has 0 aromatic rings. The molecule has 0 bridgehead atoms. The Bertz CT molecular complexity index is 526. The fourth-order valence-corrected chi connectivity index (χ4v) is 2.75. The van der Waals surface area contributed by atoms with Crippen LogP contribution in [0.15, 0.2) is 0 Å². The molecule has 0 aromatic heterocycles. The van der Waals surface area contributed by atoms with Crippen LogP contribution in [-0.2, 0) is 39.2 Å².